The van der Waals surface area contributed by atoms with Crippen LogP contribution in [0.15, 0.2) is 18.2 Å². The Kier molecular flexibility index (Phi) is 8.76. The van der Waals surface area contributed by atoms with Crippen molar-refractivity contribution in [2.45, 2.75) is 11.0 Å². The first-order chi connectivity index (χ1) is 10.7. The van der Waals surface area contributed by atoms with E-state index in [1.54, 1.807) is 0 Å². The molecule has 0 N–H and O–H groups in total. The van der Waals surface area contributed by atoms with Crippen molar-refractivity contribution >= 4 is 20.2 Å². The van der Waals surface area contributed by atoms with Crippen LogP contribution in [0.2, 0.25) is 0 Å². The fourth-order valence-electron chi connectivity index (χ4n) is 0.529. The standard InChI is InChI=1S/C6H4F2O.2CHF3O3S/c7-4-1-5(8)3-6(9)2-4;2*2-1(3,4)8(5,6)7/h1-3,9H;2*(H,5,6,7)/p-3. The normalized spacial score (nSPS) is 12.4. The summed E-state index contributed by atoms with van der Waals surface area (Å²) in [5.41, 5.74) is -11.3. The zero-order chi connectivity index (χ0) is 20.9. The third-order valence-electron chi connectivity index (χ3n) is 1.40. The molecule has 7 nitrogen and oxygen atoms in total. The highest BCUT2D eigenvalue weighted by Gasteiger charge is 2.37. The Labute approximate surface area is 134 Å². The van der Waals surface area contributed by atoms with E-state index >= 15 is 0 Å². The molecule has 25 heavy (non-hydrogen) atoms. The van der Waals surface area contributed by atoms with Crippen LogP contribution in [-0.2, 0) is 20.2 Å². The molecule has 17 heteroatoms. The van der Waals surface area contributed by atoms with Gasteiger partial charge in [0, 0.05) is 6.07 Å². The van der Waals surface area contributed by atoms with Gasteiger partial charge in [-0.15, -0.1) is 5.75 Å². The second-order valence-electron chi connectivity index (χ2n) is 3.40. The van der Waals surface area contributed by atoms with E-state index in [1.165, 1.54) is 0 Å². The van der Waals surface area contributed by atoms with Crippen LogP contribution < -0.4 is 5.11 Å². The third-order valence-corrected chi connectivity index (χ3v) is 2.54. The molecular formula is C8H3F8O7S2-3. The van der Waals surface area contributed by atoms with Gasteiger partial charge in [0.2, 0.25) is 0 Å². The molecule has 0 spiro atoms. The van der Waals surface area contributed by atoms with Gasteiger partial charge in [-0.3, -0.25) is 0 Å². The summed E-state index contributed by atoms with van der Waals surface area (Å²) in [5.74, 6) is -2.31. The van der Waals surface area contributed by atoms with E-state index in [1.807, 2.05) is 0 Å². The predicted molar refractivity (Wildman–Crippen MR) is 57.3 cm³/mol. The quantitative estimate of drug-likeness (QED) is 0.344. The first-order valence-electron chi connectivity index (χ1n) is 4.86. The minimum atomic E-state index is -6.09. The maximum atomic E-state index is 12.0. The van der Waals surface area contributed by atoms with E-state index in [4.69, 9.17) is 25.9 Å². The molecule has 0 aliphatic heterocycles. The SMILES string of the molecule is O=S(=O)([O-])C(F)(F)F.O=S(=O)([O-])C(F)(F)F.[O-]c1cc(F)cc(F)c1. The van der Waals surface area contributed by atoms with Gasteiger partial charge in [0.15, 0.2) is 20.2 Å². The number of hydrogen-bond acceptors (Lipinski definition) is 7. The lowest BCUT2D eigenvalue weighted by atomic mass is 10.3. The number of alkyl halides is 6. The average Bonchev–Trinajstić information content (AvgIpc) is 2.21. The van der Waals surface area contributed by atoms with Gasteiger partial charge in [-0.2, -0.15) is 26.3 Å². The lowest BCUT2D eigenvalue weighted by Crippen LogP contribution is -2.21. The van der Waals surface area contributed by atoms with E-state index in [0.717, 1.165) is 12.1 Å². The molecule has 0 radical (unpaired) electrons. The third kappa shape index (κ3) is 11.5. The van der Waals surface area contributed by atoms with Gasteiger partial charge < -0.3 is 14.2 Å². The zero-order valence-corrected chi connectivity index (χ0v) is 12.6. The van der Waals surface area contributed by atoms with Crippen LogP contribution in [0.5, 0.6) is 5.75 Å². The largest absolute Gasteiger partial charge is 0.872 e. The second kappa shape index (κ2) is 8.59. The first kappa shape index (κ1) is 25.5. The maximum absolute atomic E-state index is 12.0. The van der Waals surface area contributed by atoms with E-state index in [9.17, 15) is 40.2 Å². The molecule has 0 fully saturated rings. The molecular weight excluding hydrogens is 424 g/mol. The Hall–Kier alpha value is -1.72. The lowest BCUT2D eigenvalue weighted by Gasteiger charge is -2.08. The molecule has 0 heterocycles. The Bertz CT molecular complexity index is 674. The van der Waals surface area contributed by atoms with E-state index in [2.05, 4.69) is 0 Å². The Morgan fingerprint density at radius 1 is 0.680 bits per heavy atom. The van der Waals surface area contributed by atoms with Crippen LogP contribution in [-0.4, -0.2) is 37.0 Å². The van der Waals surface area contributed by atoms with E-state index in [0.29, 0.717) is 6.07 Å². The molecule has 0 unspecified atom stereocenters. The number of benzene rings is 1. The highest BCUT2D eigenvalue weighted by Crippen LogP contribution is 2.21. The van der Waals surface area contributed by atoms with Crippen molar-refractivity contribution in [1.82, 2.24) is 0 Å². The fourth-order valence-corrected chi connectivity index (χ4v) is 0.529. The Balaban J connectivity index is 0. The summed E-state index contributed by atoms with van der Waals surface area (Å²) in [6.45, 7) is 0. The first-order valence-corrected chi connectivity index (χ1v) is 7.67. The molecule has 1 aromatic carbocycles. The van der Waals surface area contributed by atoms with Crippen molar-refractivity contribution in [2.75, 3.05) is 0 Å². The molecule has 0 saturated heterocycles. The van der Waals surface area contributed by atoms with Crippen LogP contribution >= 0.6 is 0 Å². The number of hydrogen-bond donors (Lipinski definition) is 0. The van der Waals surface area contributed by atoms with Crippen molar-refractivity contribution in [2.24, 2.45) is 0 Å². The molecule has 1 rings (SSSR count). The summed E-state index contributed by atoms with van der Waals surface area (Å²) in [6, 6.07) is 2.10. The molecule has 0 aromatic heterocycles. The minimum absolute atomic E-state index is 0.646. The van der Waals surface area contributed by atoms with Crippen molar-refractivity contribution in [1.29, 1.82) is 0 Å². The lowest BCUT2D eigenvalue weighted by molar-refractivity contribution is -0.268. The smallest absolute Gasteiger partial charge is 0.485 e. The molecule has 0 bridgehead atoms. The summed E-state index contributed by atoms with van der Waals surface area (Å²) in [4.78, 5) is 0. The minimum Gasteiger partial charge on any atom is -0.872 e. The maximum Gasteiger partial charge on any atom is 0.485 e. The second-order valence-corrected chi connectivity index (χ2v) is 6.15. The molecule has 0 saturated carbocycles. The van der Waals surface area contributed by atoms with Crippen LogP contribution in [0.1, 0.15) is 0 Å². The van der Waals surface area contributed by atoms with Gasteiger partial charge in [-0.1, -0.05) is 0 Å². The molecule has 0 aliphatic rings. The van der Waals surface area contributed by atoms with Crippen LogP contribution in [0.3, 0.4) is 0 Å². The molecule has 1 aromatic rings. The fraction of sp³-hybridized carbons (Fsp3) is 0.250. The molecule has 0 amide bonds. The number of rotatable bonds is 0. The van der Waals surface area contributed by atoms with Crippen LogP contribution in [0.4, 0.5) is 35.1 Å². The summed E-state index contributed by atoms with van der Waals surface area (Å²) in [6.07, 6.45) is 0. The summed E-state index contributed by atoms with van der Waals surface area (Å²) < 4.78 is 142. The molecule has 0 atom stereocenters. The average molecular weight is 427 g/mol. The highest BCUT2D eigenvalue weighted by atomic mass is 32.2. The van der Waals surface area contributed by atoms with E-state index < -0.39 is 48.6 Å². The van der Waals surface area contributed by atoms with Gasteiger partial charge >= 0.3 is 11.0 Å². The number of halogens is 8. The topological polar surface area (TPSA) is 137 Å². The van der Waals surface area contributed by atoms with Crippen LogP contribution in [0.25, 0.3) is 0 Å². The van der Waals surface area contributed by atoms with Crippen molar-refractivity contribution in [3.63, 3.8) is 0 Å². The molecule has 148 valence electrons. The Morgan fingerprint density at radius 2 is 0.880 bits per heavy atom. The monoisotopic (exact) mass is 427 g/mol. The summed E-state index contributed by atoms with van der Waals surface area (Å²) >= 11 is 0. The van der Waals surface area contributed by atoms with Gasteiger partial charge in [0.1, 0.15) is 11.6 Å². The van der Waals surface area contributed by atoms with Crippen molar-refractivity contribution < 1.29 is 66.2 Å². The van der Waals surface area contributed by atoms with Gasteiger partial charge in [-0.25, -0.2) is 25.6 Å². The van der Waals surface area contributed by atoms with Crippen LogP contribution in [0, 0.1) is 11.6 Å². The molecule has 0 aliphatic carbocycles. The van der Waals surface area contributed by atoms with E-state index in [-0.39, 0.29) is 0 Å². The Morgan fingerprint density at radius 3 is 1.00 bits per heavy atom. The summed E-state index contributed by atoms with van der Waals surface area (Å²) in [5, 5.41) is 10.2. The van der Waals surface area contributed by atoms with Gasteiger partial charge in [-0.05, 0) is 12.1 Å². The van der Waals surface area contributed by atoms with Crippen molar-refractivity contribution in [3.8, 4) is 5.75 Å². The highest BCUT2D eigenvalue weighted by molar-refractivity contribution is 7.86. The zero-order valence-electron chi connectivity index (χ0n) is 10.9. The predicted octanol–water partition coefficient (Wildman–Crippen LogP) is 1.14. The van der Waals surface area contributed by atoms with Gasteiger partial charge in [0.25, 0.3) is 0 Å². The van der Waals surface area contributed by atoms with Gasteiger partial charge in [0.05, 0.1) is 0 Å². The van der Waals surface area contributed by atoms with Crippen molar-refractivity contribution in [3.05, 3.63) is 29.8 Å². The summed E-state index contributed by atoms with van der Waals surface area (Å²) in [7, 11) is -12.2.